The van der Waals surface area contributed by atoms with Gasteiger partial charge in [0.1, 0.15) is 0 Å². The van der Waals surface area contributed by atoms with Crippen LogP contribution < -0.4 is 11.1 Å². The second-order valence-electron chi connectivity index (χ2n) is 4.58. The number of nitrogens with two attached hydrogens (primary N) is 1. The number of methoxy groups -OCH3 is 1. The Kier molecular flexibility index (Phi) is 5.08. The van der Waals surface area contributed by atoms with Gasteiger partial charge in [-0.2, -0.15) is 0 Å². The van der Waals surface area contributed by atoms with Crippen molar-refractivity contribution in [2.24, 2.45) is 11.7 Å². The molecule has 0 aromatic heterocycles. The molecule has 84 valence electrons. The average Bonchev–Trinajstić information content (AvgIpc) is 2.01. The van der Waals surface area contributed by atoms with E-state index in [2.05, 4.69) is 5.32 Å². The fraction of sp³-hybridized carbons (Fsp3) is 0.900. The first-order valence-corrected chi connectivity index (χ1v) is 4.86. The molecule has 0 aromatic rings. The minimum atomic E-state index is -0.453. The van der Waals surface area contributed by atoms with E-state index in [-0.39, 0.29) is 17.4 Å². The van der Waals surface area contributed by atoms with Crippen LogP contribution >= 0.6 is 0 Å². The molecular formula is C10H22N2O2. The van der Waals surface area contributed by atoms with E-state index in [0.717, 1.165) is 0 Å². The molecule has 0 heterocycles. The molecule has 0 aromatic carbocycles. The number of amides is 1. The summed E-state index contributed by atoms with van der Waals surface area (Å²) in [5.41, 5.74) is 5.35. The third kappa shape index (κ3) is 4.58. The van der Waals surface area contributed by atoms with Crippen molar-refractivity contribution in [3.05, 3.63) is 0 Å². The maximum Gasteiger partial charge on any atom is 0.237 e. The Hall–Kier alpha value is -0.610. The largest absolute Gasteiger partial charge is 0.382 e. The van der Waals surface area contributed by atoms with Gasteiger partial charge in [-0.05, 0) is 19.8 Å². The predicted octanol–water partition coefficient (Wildman–Crippen LogP) is 0.511. The molecule has 0 saturated carbocycles. The van der Waals surface area contributed by atoms with Crippen LogP contribution in [0, 0.1) is 5.92 Å². The molecular weight excluding hydrogens is 180 g/mol. The Morgan fingerprint density at radius 3 is 2.36 bits per heavy atom. The molecule has 0 aliphatic rings. The van der Waals surface area contributed by atoms with Gasteiger partial charge < -0.3 is 15.8 Å². The lowest BCUT2D eigenvalue weighted by atomic mass is 10.0. The number of nitrogens with one attached hydrogen (secondary N) is 1. The third-order valence-electron chi connectivity index (χ3n) is 1.99. The molecule has 0 rings (SSSR count). The van der Waals surface area contributed by atoms with Gasteiger partial charge in [-0.1, -0.05) is 13.8 Å². The van der Waals surface area contributed by atoms with Gasteiger partial charge in [-0.3, -0.25) is 4.79 Å². The van der Waals surface area contributed by atoms with Gasteiger partial charge in [0.05, 0.1) is 18.2 Å². The summed E-state index contributed by atoms with van der Waals surface area (Å²) in [7, 11) is 1.61. The Labute approximate surface area is 86.2 Å². The Morgan fingerprint density at radius 1 is 1.50 bits per heavy atom. The van der Waals surface area contributed by atoms with Gasteiger partial charge in [0.2, 0.25) is 5.91 Å². The van der Waals surface area contributed by atoms with Crippen molar-refractivity contribution in [3.63, 3.8) is 0 Å². The predicted molar refractivity (Wildman–Crippen MR) is 56.9 cm³/mol. The van der Waals surface area contributed by atoms with Crippen molar-refractivity contribution in [1.29, 1.82) is 0 Å². The Bertz CT molecular complexity index is 191. The minimum Gasteiger partial charge on any atom is -0.382 e. The number of rotatable bonds is 5. The van der Waals surface area contributed by atoms with Crippen LogP contribution in [-0.2, 0) is 9.53 Å². The van der Waals surface area contributed by atoms with E-state index < -0.39 is 6.04 Å². The summed E-state index contributed by atoms with van der Waals surface area (Å²) >= 11 is 0. The molecule has 0 saturated heterocycles. The summed E-state index contributed by atoms with van der Waals surface area (Å²) in [5.74, 6) is 0.0235. The van der Waals surface area contributed by atoms with Crippen molar-refractivity contribution in [2.75, 3.05) is 13.7 Å². The van der Waals surface area contributed by atoms with Crippen LogP contribution in [0.15, 0.2) is 0 Å². The van der Waals surface area contributed by atoms with Gasteiger partial charge >= 0.3 is 0 Å². The summed E-state index contributed by atoms with van der Waals surface area (Å²) in [6.45, 7) is 8.13. The van der Waals surface area contributed by atoms with Crippen LogP contribution in [-0.4, -0.2) is 31.2 Å². The Balaban J connectivity index is 4.17. The first kappa shape index (κ1) is 13.4. The first-order valence-electron chi connectivity index (χ1n) is 4.86. The normalized spacial score (nSPS) is 14.2. The molecule has 14 heavy (non-hydrogen) atoms. The molecule has 1 atom stereocenters. The van der Waals surface area contributed by atoms with E-state index in [1.807, 2.05) is 27.7 Å². The highest BCUT2D eigenvalue weighted by Gasteiger charge is 2.25. The second kappa shape index (κ2) is 5.32. The maximum absolute atomic E-state index is 11.6. The zero-order valence-corrected chi connectivity index (χ0v) is 9.76. The number of carbonyl (C=O) groups excluding carboxylic acids is 1. The third-order valence-corrected chi connectivity index (χ3v) is 1.99. The summed E-state index contributed by atoms with van der Waals surface area (Å²) in [5, 5.41) is 2.85. The summed E-state index contributed by atoms with van der Waals surface area (Å²) < 4.78 is 4.99. The van der Waals surface area contributed by atoms with Gasteiger partial charge in [0.25, 0.3) is 0 Å². The van der Waals surface area contributed by atoms with E-state index in [9.17, 15) is 4.79 Å². The summed E-state index contributed by atoms with van der Waals surface area (Å²) in [6, 6.07) is -0.453. The van der Waals surface area contributed by atoms with Gasteiger partial charge in [-0.15, -0.1) is 0 Å². The second-order valence-corrected chi connectivity index (χ2v) is 4.58. The number of hydrogen-bond acceptors (Lipinski definition) is 3. The van der Waals surface area contributed by atoms with Gasteiger partial charge in [0, 0.05) is 7.11 Å². The number of ether oxygens (including phenoxy) is 1. The molecule has 0 radical (unpaired) electrons. The van der Waals surface area contributed by atoms with Crippen molar-refractivity contribution in [2.45, 2.75) is 39.3 Å². The molecule has 0 fully saturated rings. The summed E-state index contributed by atoms with van der Waals surface area (Å²) in [4.78, 5) is 11.6. The highest BCUT2D eigenvalue weighted by atomic mass is 16.5. The van der Waals surface area contributed by atoms with E-state index in [0.29, 0.717) is 6.61 Å². The van der Waals surface area contributed by atoms with E-state index in [1.54, 1.807) is 7.11 Å². The zero-order valence-electron chi connectivity index (χ0n) is 9.76. The van der Waals surface area contributed by atoms with Crippen LogP contribution in [0.25, 0.3) is 0 Å². The van der Waals surface area contributed by atoms with Crippen LogP contribution in [0.1, 0.15) is 27.7 Å². The molecule has 0 aliphatic carbocycles. The molecule has 0 unspecified atom stereocenters. The molecule has 3 N–H and O–H groups in total. The molecule has 0 spiro atoms. The fourth-order valence-corrected chi connectivity index (χ4v) is 1.12. The van der Waals surface area contributed by atoms with Crippen LogP contribution in [0.4, 0.5) is 0 Å². The highest BCUT2D eigenvalue weighted by Crippen LogP contribution is 2.05. The standard InChI is InChI=1S/C10H22N2O2/c1-7(2)8(11)9(13)12-10(3,4)6-14-5/h7-8H,6,11H2,1-5H3,(H,12,13)/t8-/m1/s1. The lowest BCUT2D eigenvalue weighted by Gasteiger charge is -2.27. The van der Waals surface area contributed by atoms with E-state index in [1.165, 1.54) is 0 Å². The summed E-state index contributed by atoms with van der Waals surface area (Å²) in [6.07, 6.45) is 0. The molecule has 0 aliphatic heterocycles. The molecule has 4 nitrogen and oxygen atoms in total. The van der Waals surface area contributed by atoms with Crippen LogP contribution in [0.3, 0.4) is 0 Å². The lowest BCUT2D eigenvalue weighted by molar-refractivity contribution is -0.125. The van der Waals surface area contributed by atoms with Crippen molar-refractivity contribution in [1.82, 2.24) is 5.32 Å². The van der Waals surface area contributed by atoms with Gasteiger partial charge in [-0.25, -0.2) is 0 Å². The molecule has 4 heteroatoms. The first-order chi connectivity index (χ1) is 6.30. The van der Waals surface area contributed by atoms with E-state index in [4.69, 9.17) is 10.5 Å². The highest BCUT2D eigenvalue weighted by molar-refractivity contribution is 5.82. The minimum absolute atomic E-state index is 0.123. The molecule has 1 amide bonds. The van der Waals surface area contributed by atoms with Crippen molar-refractivity contribution in [3.8, 4) is 0 Å². The zero-order chi connectivity index (χ0) is 11.4. The Morgan fingerprint density at radius 2 is 2.00 bits per heavy atom. The number of hydrogen-bond donors (Lipinski definition) is 2. The topological polar surface area (TPSA) is 64.3 Å². The quantitative estimate of drug-likeness (QED) is 0.682. The van der Waals surface area contributed by atoms with Crippen LogP contribution in [0.5, 0.6) is 0 Å². The maximum atomic E-state index is 11.6. The number of carbonyl (C=O) groups is 1. The van der Waals surface area contributed by atoms with Gasteiger partial charge in [0.15, 0.2) is 0 Å². The lowest BCUT2D eigenvalue weighted by Crippen LogP contribution is -2.54. The van der Waals surface area contributed by atoms with Crippen molar-refractivity contribution < 1.29 is 9.53 Å². The SMILES string of the molecule is COCC(C)(C)NC(=O)[C@H](N)C(C)C. The van der Waals surface area contributed by atoms with Crippen LogP contribution in [0.2, 0.25) is 0 Å². The van der Waals surface area contributed by atoms with E-state index >= 15 is 0 Å². The van der Waals surface area contributed by atoms with Crippen molar-refractivity contribution >= 4 is 5.91 Å². The molecule has 0 bridgehead atoms. The fourth-order valence-electron chi connectivity index (χ4n) is 1.12. The monoisotopic (exact) mass is 202 g/mol. The smallest absolute Gasteiger partial charge is 0.237 e. The average molecular weight is 202 g/mol.